The van der Waals surface area contributed by atoms with Crippen LogP contribution >= 0.6 is 0 Å². The molecular weight excluding hydrogens is 296 g/mol. The van der Waals surface area contributed by atoms with Gasteiger partial charge in [-0.25, -0.2) is 0 Å². The second-order valence-electron chi connectivity index (χ2n) is 6.75. The van der Waals surface area contributed by atoms with Crippen molar-refractivity contribution in [2.75, 3.05) is 21.3 Å². The van der Waals surface area contributed by atoms with E-state index in [-0.39, 0.29) is 17.8 Å². The summed E-state index contributed by atoms with van der Waals surface area (Å²) in [6, 6.07) is 3.90. The third-order valence-corrected chi connectivity index (χ3v) is 5.51. The number of methoxy groups -OCH3 is 3. The van der Waals surface area contributed by atoms with Gasteiger partial charge < -0.3 is 18.9 Å². The number of benzene rings is 1. The van der Waals surface area contributed by atoms with E-state index in [0.29, 0.717) is 23.2 Å². The lowest BCUT2D eigenvalue weighted by Gasteiger charge is -2.51. The standard InChI is InChI=1S/C18H24O5/c1-10-6-12-13(9-18(10,2)23-17(12)19)11-7-14(20-3)16(22-5)15(8-11)21-4/h7-8,10,12-13H,6,9H2,1-5H3. The molecule has 2 bridgehead atoms. The Morgan fingerprint density at radius 1 is 1.09 bits per heavy atom. The maximum atomic E-state index is 12.3. The van der Waals surface area contributed by atoms with Gasteiger partial charge in [0.1, 0.15) is 5.60 Å². The van der Waals surface area contributed by atoms with Gasteiger partial charge in [-0.15, -0.1) is 0 Å². The predicted octanol–water partition coefficient (Wildman–Crippen LogP) is 3.16. The first kappa shape index (κ1) is 16.0. The summed E-state index contributed by atoms with van der Waals surface area (Å²) >= 11 is 0. The molecule has 0 spiro atoms. The van der Waals surface area contributed by atoms with E-state index in [1.807, 2.05) is 19.1 Å². The summed E-state index contributed by atoms with van der Waals surface area (Å²) in [5.74, 6) is 2.12. The molecule has 0 N–H and O–H groups in total. The molecule has 0 amide bonds. The van der Waals surface area contributed by atoms with Gasteiger partial charge in [-0.3, -0.25) is 4.79 Å². The molecule has 3 aliphatic rings. The first-order valence-electron chi connectivity index (χ1n) is 7.96. The molecule has 23 heavy (non-hydrogen) atoms. The Morgan fingerprint density at radius 2 is 1.70 bits per heavy atom. The zero-order valence-electron chi connectivity index (χ0n) is 14.3. The summed E-state index contributed by atoms with van der Waals surface area (Å²) in [5.41, 5.74) is 0.649. The van der Waals surface area contributed by atoms with Crippen molar-refractivity contribution >= 4 is 5.97 Å². The number of rotatable bonds is 4. The average Bonchev–Trinajstić information content (AvgIpc) is 2.54. The van der Waals surface area contributed by atoms with Crippen LogP contribution in [0, 0.1) is 11.8 Å². The molecule has 4 rings (SSSR count). The number of carbonyl (C=O) groups excluding carboxylic acids is 1. The smallest absolute Gasteiger partial charge is 0.310 e. The number of fused-ring (bicyclic) bond motifs is 3. The molecule has 2 aliphatic heterocycles. The maximum Gasteiger partial charge on any atom is 0.310 e. The van der Waals surface area contributed by atoms with Crippen LogP contribution in [-0.4, -0.2) is 32.9 Å². The van der Waals surface area contributed by atoms with Crippen molar-refractivity contribution in [3.05, 3.63) is 17.7 Å². The Morgan fingerprint density at radius 3 is 2.17 bits per heavy atom. The van der Waals surface area contributed by atoms with Crippen molar-refractivity contribution in [3.8, 4) is 17.2 Å². The molecule has 1 aromatic rings. The van der Waals surface area contributed by atoms with Crippen LogP contribution < -0.4 is 14.2 Å². The number of hydrogen-bond donors (Lipinski definition) is 0. The van der Waals surface area contributed by atoms with Gasteiger partial charge in [0, 0.05) is 5.92 Å². The van der Waals surface area contributed by atoms with E-state index in [1.165, 1.54) is 0 Å². The van der Waals surface area contributed by atoms with Gasteiger partial charge in [0.25, 0.3) is 0 Å². The third kappa shape index (κ3) is 2.42. The lowest BCUT2D eigenvalue weighted by molar-refractivity contribution is -0.198. The van der Waals surface area contributed by atoms with Gasteiger partial charge in [0.05, 0.1) is 27.2 Å². The molecule has 2 heterocycles. The molecule has 5 nitrogen and oxygen atoms in total. The maximum absolute atomic E-state index is 12.3. The summed E-state index contributed by atoms with van der Waals surface area (Å²) in [6.07, 6.45) is 1.68. The largest absolute Gasteiger partial charge is 0.493 e. The van der Waals surface area contributed by atoms with Crippen molar-refractivity contribution in [2.45, 2.75) is 38.2 Å². The van der Waals surface area contributed by atoms with Crippen LogP contribution in [-0.2, 0) is 9.53 Å². The molecule has 1 aromatic carbocycles. The van der Waals surface area contributed by atoms with E-state index in [1.54, 1.807) is 21.3 Å². The van der Waals surface area contributed by atoms with E-state index in [9.17, 15) is 4.79 Å². The molecule has 0 radical (unpaired) electrons. The molecule has 126 valence electrons. The van der Waals surface area contributed by atoms with Gasteiger partial charge in [-0.2, -0.15) is 0 Å². The van der Waals surface area contributed by atoms with Gasteiger partial charge in [0.2, 0.25) is 5.75 Å². The SMILES string of the molecule is COc1cc(C2CC3(C)OC(=O)C2CC3C)cc(OC)c1OC. The zero-order valence-corrected chi connectivity index (χ0v) is 14.3. The predicted molar refractivity (Wildman–Crippen MR) is 85.2 cm³/mol. The second-order valence-corrected chi connectivity index (χ2v) is 6.75. The van der Waals surface area contributed by atoms with E-state index < -0.39 is 5.60 Å². The fourth-order valence-corrected chi connectivity index (χ4v) is 3.95. The molecule has 4 atom stereocenters. The minimum Gasteiger partial charge on any atom is -0.493 e. The highest BCUT2D eigenvalue weighted by atomic mass is 16.6. The zero-order chi connectivity index (χ0) is 16.8. The number of ether oxygens (including phenoxy) is 4. The van der Waals surface area contributed by atoms with Crippen molar-refractivity contribution in [2.24, 2.45) is 11.8 Å². The van der Waals surface area contributed by atoms with Crippen LogP contribution in [0.2, 0.25) is 0 Å². The van der Waals surface area contributed by atoms with Crippen LogP contribution in [0.4, 0.5) is 0 Å². The number of esters is 1. The fourth-order valence-electron chi connectivity index (χ4n) is 3.95. The van der Waals surface area contributed by atoms with Crippen LogP contribution in [0.1, 0.15) is 38.2 Å². The van der Waals surface area contributed by atoms with Crippen molar-refractivity contribution in [1.29, 1.82) is 0 Å². The summed E-state index contributed by atoms with van der Waals surface area (Å²) in [4.78, 5) is 12.3. The normalized spacial score (nSPS) is 32.4. The first-order chi connectivity index (χ1) is 10.9. The number of carbonyl (C=O) groups is 1. The van der Waals surface area contributed by atoms with Crippen LogP contribution in [0.3, 0.4) is 0 Å². The van der Waals surface area contributed by atoms with Gasteiger partial charge in [-0.05, 0) is 43.4 Å². The van der Waals surface area contributed by atoms with E-state index in [2.05, 4.69) is 6.92 Å². The van der Waals surface area contributed by atoms with Crippen LogP contribution in [0.25, 0.3) is 0 Å². The van der Waals surface area contributed by atoms with Crippen molar-refractivity contribution in [1.82, 2.24) is 0 Å². The highest BCUT2D eigenvalue weighted by Gasteiger charge is 2.54. The molecule has 1 saturated carbocycles. The summed E-state index contributed by atoms with van der Waals surface area (Å²) in [5, 5.41) is 0. The minimum atomic E-state index is -0.392. The molecule has 5 heteroatoms. The highest BCUT2D eigenvalue weighted by molar-refractivity contribution is 5.76. The summed E-state index contributed by atoms with van der Waals surface area (Å²) in [6.45, 7) is 4.20. The number of hydrogen-bond acceptors (Lipinski definition) is 5. The molecule has 4 unspecified atom stereocenters. The van der Waals surface area contributed by atoms with Gasteiger partial charge >= 0.3 is 5.97 Å². The molecule has 3 fully saturated rings. The third-order valence-electron chi connectivity index (χ3n) is 5.51. The van der Waals surface area contributed by atoms with Crippen molar-refractivity contribution < 1.29 is 23.7 Å². The summed E-state index contributed by atoms with van der Waals surface area (Å²) < 4.78 is 21.9. The lowest BCUT2D eigenvalue weighted by atomic mass is 9.62. The molecule has 0 aromatic heterocycles. The molecule has 2 saturated heterocycles. The van der Waals surface area contributed by atoms with Crippen molar-refractivity contribution in [3.63, 3.8) is 0 Å². The Kier molecular flexibility index (Phi) is 3.90. The highest BCUT2D eigenvalue weighted by Crippen LogP contribution is 2.54. The second kappa shape index (κ2) is 5.62. The first-order valence-corrected chi connectivity index (χ1v) is 7.96. The van der Waals surface area contributed by atoms with Gasteiger partial charge in [0.15, 0.2) is 11.5 Å². The average molecular weight is 320 g/mol. The van der Waals surface area contributed by atoms with Crippen LogP contribution in [0.5, 0.6) is 17.2 Å². The molecule has 1 aliphatic carbocycles. The topological polar surface area (TPSA) is 54.0 Å². The monoisotopic (exact) mass is 320 g/mol. The minimum absolute atomic E-state index is 0.0874. The lowest BCUT2D eigenvalue weighted by Crippen LogP contribution is -2.54. The quantitative estimate of drug-likeness (QED) is 0.798. The Labute approximate surface area is 136 Å². The molecular formula is C18H24O5. The van der Waals surface area contributed by atoms with Gasteiger partial charge in [-0.1, -0.05) is 6.92 Å². The van der Waals surface area contributed by atoms with Crippen LogP contribution in [0.15, 0.2) is 12.1 Å². The Hall–Kier alpha value is -1.91. The van der Waals surface area contributed by atoms with E-state index in [4.69, 9.17) is 18.9 Å². The Bertz CT molecular complexity index is 601. The van der Waals surface area contributed by atoms with E-state index >= 15 is 0 Å². The summed E-state index contributed by atoms with van der Waals surface area (Å²) in [7, 11) is 4.79. The fraction of sp³-hybridized carbons (Fsp3) is 0.611. The Balaban J connectivity index is 2.04. The van der Waals surface area contributed by atoms with E-state index in [0.717, 1.165) is 18.4 Å².